The van der Waals surface area contributed by atoms with Crippen LogP contribution >= 0.6 is 0 Å². The second kappa shape index (κ2) is 7.09. The van der Waals surface area contributed by atoms with E-state index < -0.39 is 5.92 Å². The van der Waals surface area contributed by atoms with Crippen LogP contribution in [-0.2, 0) is 9.59 Å². The lowest BCUT2D eigenvalue weighted by molar-refractivity contribution is -0.134. The molecule has 26 heavy (non-hydrogen) atoms. The maximum Gasteiger partial charge on any atom is 0.155 e. The molecular weight excluding hydrogens is 320 g/mol. The first kappa shape index (κ1) is 16.5. The fourth-order valence-corrected chi connectivity index (χ4v) is 3.96. The van der Waals surface area contributed by atoms with E-state index in [0.29, 0.717) is 6.42 Å². The van der Waals surface area contributed by atoms with Crippen LogP contribution in [0.1, 0.15) is 40.9 Å². The fraction of sp³-hybridized carbons (Fsp3) is 0.167. The van der Waals surface area contributed by atoms with Gasteiger partial charge in [-0.05, 0) is 23.1 Å². The van der Waals surface area contributed by atoms with Gasteiger partial charge < -0.3 is 0 Å². The average Bonchev–Trinajstić information content (AvgIpc) is 2.70. The second-order valence-corrected chi connectivity index (χ2v) is 6.81. The van der Waals surface area contributed by atoms with Crippen molar-refractivity contribution in [1.29, 1.82) is 0 Å². The molecule has 3 aromatic carbocycles. The minimum atomic E-state index is -0.694. The van der Waals surface area contributed by atoms with Gasteiger partial charge in [0.05, 0.1) is 0 Å². The molecular formula is C24H20O2. The Labute approximate surface area is 153 Å². The summed E-state index contributed by atoms with van der Waals surface area (Å²) in [6, 6.07) is 29.1. The Morgan fingerprint density at radius 2 is 0.846 bits per heavy atom. The highest BCUT2D eigenvalue weighted by Crippen LogP contribution is 2.43. The average molecular weight is 340 g/mol. The first-order chi connectivity index (χ1) is 12.8. The lowest BCUT2D eigenvalue weighted by Crippen LogP contribution is -2.37. The van der Waals surface area contributed by atoms with Crippen LogP contribution in [0.15, 0.2) is 91.0 Å². The summed E-state index contributed by atoms with van der Waals surface area (Å²) in [5, 5.41) is 0. The standard InChI is InChI=1S/C24H20O2/c25-23-20(17-10-4-1-5-11-17)16-21(18-12-6-2-7-13-18)24(26)22(23)19-14-8-3-9-15-19/h1-15,20-22H,16H2. The van der Waals surface area contributed by atoms with E-state index in [9.17, 15) is 9.59 Å². The molecule has 0 bridgehead atoms. The van der Waals surface area contributed by atoms with Crippen LogP contribution in [0.4, 0.5) is 0 Å². The van der Waals surface area contributed by atoms with Gasteiger partial charge in [0.2, 0.25) is 0 Å². The number of carbonyl (C=O) groups is 2. The SMILES string of the molecule is O=C1C(c2ccccc2)CC(c2ccccc2)C(=O)C1c1ccccc1. The summed E-state index contributed by atoms with van der Waals surface area (Å²) in [4.78, 5) is 26.6. The van der Waals surface area contributed by atoms with Crippen molar-refractivity contribution in [2.45, 2.75) is 24.2 Å². The van der Waals surface area contributed by atoms with Gasteiger partial charge >= 0.3 is 0 Å². The molecule has 2 nitrogen and oxygen atoms in total. The second-order valence-electron chi connectivity index (χ2n) is 6.81. The van der Waals surface area contributed by atoms with Gasteiger partial charge in [-0.15, -0.1) is 0 Å². The van der Waals surface area contributed by atoms with Crippen LogP contribution < -0.4 is 0 Å². The molecule has 0 saturated heterocycles. The summed E-state index contributed by atoms with van der Waals surface area (Å²) >= 11 is 0. The molecule has 2 heteroatoms. The molecule has 2 atom stereocenters. The molecule has 2 unspecified atom stereocenters. The fourth-order valence-electron chi connectivity index (χ4n) is 3.96. The van der Waals surface area contributed by atoms with Crippen molar-refractivity contribution in [3.63, 3.8) is 0 Å². The molecule has 0 N–H and O–H groups in total. The summed E-state index contributed by atoms with van der Waals surface area (Å²) in [6.45, 7) is 0. The van der Waals surface area contributed by atoms with Crippen molar-refractivity contribution in [2.75, 3.05) is 0 Å². The topological polar surface area (TPSA) is 34.1 Å². The van der Waals surface area contributed by atoms with Crippen molar-refractivity contribution < 1.29 is 9.59 Å². The van der Waals surface area contributed by atoms with Crippen LogP contribution in [-0.4, -0.2) is 11.6 Å². The Kier molecular flexibility index (Phi) is 4.49. The van der Waals surface area contributed by atoms with E-state index in [1.165, 1.54) is 0 Å². The zero-order valence-corrected chi connectivity index (χ0v) is 14.4. The summed E-state index contributed by atoms with van der Waals surface area (Å²) in [5.74, 6) is -1.19. The molecule has 0 heterocycles. The predicted molar refractivity (Wildman–Crippen MR) is 102 cm³/mol. The van der Waals surface area contributed by atoms with E-state index >= 15 is 0 Å². The highest BCUT2D eigenvalue weighted by atomic mass is 16.2. The van der Waals surface area contributed by atoms with Gasteiger partial charge in [-0.3, -0.25) is 9.59 Å². The zero-order valence-electron chi connectivity index (χ0n) is 14.4. The monoisotopic (exact) mass is 340 g/mol. The van der Waals surface area contributed by atoms with Gasteiger partial charge in [-0.2, -0.15) is 0 Å². The Balaban J connectivity index is 1.80. The Morgan fingerprint density at radius 1 is 0.500 bits per heavy atom. The summed E-state index contributed by atoms with van der Waals surface area (Å²) in [6.07, 6.45) is 0.537. The van der Waals surface area contributed by atoms with Crippen molar-refractivity contribution in [2.24, 2.45) is 0 Å². The molecule has 1 aliphatic rings. The van der Waals surface area contributed by atoms with Crippen molar-refractivity contribution in [3.8, 4) is 0 Å². The van der Waals surface area contributed by atoms with Crippen molar-refractivity contribution in [1.82, 2.24) is 0 Å². The first-order valence-electron chi connectivity index (χ1n) is 8.98. The van der Waals surface area contributed by atoms with Crippen LogP contribution in [0.2, 0.25) is 0 Å². The van der Waals surface area contributed by atoms with Crippen LogP contribution in [0, 0.1) is 0 Å². The third-order valence-corrected chi connectivity index (χ3v) is 5.26. The summed E-state index contributed by atoms with van der Waals surface area (Å²) in [5.41, 5.74) is 2.78. The van der Waals surface area contributed by atoms with Crippen LogP contribution in [0.5, 0.6) is 0 Å². The summed E-state index contributed by atoms with van der Waals surface area (Å²) < 4.78 is 0. The number of hydrogen-bond donors (Lipinski definition) is 0. The third kappa shape index (κ3) is 2.99. The van der Waals surface area contributed by atoms with Gasteiger partial charge in [-0.1, -0.05) is 91.0 Å². The molecule has 0 spiro atoms. The van der Waals surface area contributed by atoms with E-state index in [1.807, 2.05) is 91.0 Å². The maximum absolute atomic E-state index is 13.3. The number of carbonyl (C=O) groups excluding carboxylic acids is 2. The first-order valence-corrected chi connectivity index (χ1v) is 8.98. The van der Waals surface area contributed by atoms with Gasteiger partial charge in [0.1, 0.15) is 5.92 Å². The van der Waals surface area contributed by atoms with E-state index in [4.69, 9.17) is 0 Å². The molecule has 1 saturated carbocycles. The molecule has 1 fully saturated rings. The third-order valence-electron chi connectivity index (χ3n) is 5.26. The lowest BCUT2D eigenvalue weighted by atomic mass is 9.67. The smallest absolute Gasteiger partial charge is 0.155 e. The van der Waals surface area contributed by atoms with E-state index in [-0.39, 0.29) is 23.4 Å². The Bertz CT molecular complexity index is 843. The number of Topliss-reactive ketones (excluding diaryl/α,β-unsaturated/α-hetero) is 2. The maximum atomic E-state index is 13.3. The Hall–Kier alpha value is -3.00. The minimum Gasteiger partial charge on any atom is -0.298 e. The predicted octanol–water partition coefficient (Wildman–Crippen LogP) is 4.88. The highest BCUT2D eigenvalue weighted by Gasteiger charge is 2.44. The zero-order chi connectivity index (χ0) is 17.9. The molecule has 0 aliphatic heterocycles. The molecule has 3 aromatic rings. The lowest BCUT2D eigenvalue weighted by Gasteiger charge is -2.33. The molecule has 0 radical (unpaired) electrons. The van der Waals surface area contributed by atoms with Gasteiger partial charge in [0, 0.05) is 11.8 Å². The highest BCUT2D eigenvalue weighted by molar-refractivity contribution is 6.14. The molecule has 0 aromatic heterocycles. The largest absolute Gasteiger partial charge is 0.298 e. The molecule has 0 amide bonds. The van der Waals surface area contributed by atoms with Crippen molar-refractivity contribution >= 4 is 11.6 Å². The minimum absolute atomic E-state index is 0.0135. The normalized spacial score (nSPS) is 23.0. The quantitative estimate of drug-likeness (QED) is 0.637. The Morgan fingerprint density at radius 3 is 1.23 bits per heavy atom. The van der Waals surface area contributed by atoms with Gasteiger partial charge in [0.25, 0.3) is 0 Å². The van der Waals surface area contributed by atoms with Crippen LogP contribution in [0.25, 0.3) is 0 Å². The molecule has 128 valence electrons. The van der Waals surface area contributed by atoms with E-state index in [0.717, 1.165) is 16.7 Å². The van der Waals surface area contributed by atoms with Crippen LogP contribution in [0.3, 0.4) is 0 Å². The number of benzene rings is 3. The number of ketones is 2. The number of rotatable bonds is 3. The molecule has 4 rings (SSSR count). The summed E-state index contributed by atoms with van der Waals surface area (Å²) in [7, 11) is 0. The van der Waals surface area contributed by atoms with Gasteiger partial charge in [-0.25, -0.2) is 0 Å². The number of hydrogen-bond acceptors (Lipinski definition) is 2. The van der Waals surface area contributed by atoms with Gasteiger partial charge in [0.15, 0.2) is 11.6 Å². The van der Waals surface area contributed by atoms with Crippen molar-refractivity contribution in [3.05, 3.63) is 108 Å². The van der Waals surface area contributed by atoms with E-state index in [2.05, 4.69) is 0 Å². The van der Waals surface area contributed by atoms with E-state index in [1.54, 1.807) is 0 Å². The molecule has 1 aliphatic carbocycles.